The number of carbonyl (C=O) groups is 2. The summed E-state index contributed by atoms with van der Waals surface area (Å²) in [6.07, 6.45) is 0. The summed E-state index contributed by atoms with van der Waals surface area (Å²) in [6, 6.07) is -0.322. The lowest BCUT2D eigenvalue weighted by molar-refractivity contribution is -0.150. The number of hydrogen-bond acceptors (Lipinski definition) is 4. The molecule has 0 aliphatic carbocycles. The van der Waals surface area contributed by atoms with Gasteiger partial charge in [-0.1, -0.05) is 0 Å². The Balaban J connectivity index is 2.71. The van der Waals surface area contributed by atoms with Crippen LogP contribution in [-0.2, 0) is 11.3 Å². The Bertz CT molecular complexity index is 483. The summed E-state index contributed by atoms with van der Waals surface area (Å²) in [5, 5.41) is 13.9. The van der Waals surface area contributed by atoms with Crippen LogP contribution >= 0.6 is 11.3 Å². The molecule has 0 fully saturated rings. The Labute approximate surface area is 122 Å². The molecule has 0 unspecified atom stereocenters. The van der Waals surface area contributed by atoms with Crippen LogP contribution in [0.25, 0.3) is 0 Å². The first-order valence-electron chi connectivity index (χ1n) is 6.21. The molecular formula is C13H21N3O3S. The van der Waals surface area contributed by atoms with Crippen LogP contribution in [0.5, 0.6) is 0 Å². The zero-order valence-electron chi connectivity index (χ0n) is 12.4. The lowest BCUT2D eigenvalue weighted by atomic mass is 9.74. The maximum Gasteiger partial charge on any atom is 0.317 e. The fourth-order valence-corrected chi connectivity index (χ4v) is 1.97. The molecule has 0 aromatic carbocycles. The minimum atomic E-state index is -1.08. The van der Waals surface area contributed by atoms with Gasteiger partial charge in [-0.25, -0.2) is 9.78 Å². The largest absolute Gasteiger partial charge is 0.481 e. The van der Waals surface area contributed by atoms with Crippen molar-refractivity contribution in [3.63, 3.8) is 0 Å². The average Bonchev–Trinajstić information content (AvgIpc) is 2.80. The second-order valence-corrected chi connectivity index (χ2v) is 6.54. The first-order valence-corrected chi connectivity index (χ1v) is 7.16. The summed E-state index contributed by atoms with van der Waals surface area (Å²) in [6.45, 7) is 6.98. The predicted molar refractivity (Wildman–Crippen MR) is 77.6 cm³/mol. The number of urea groups is 1. The minimum absolute atomic E-state index is 0.322. The average molecular weight is 299 g/mol. The van der Waals surface area contributed by atoms with Crippen molar-refractivity contribution in [1.82, 2.24) is 15.2 Å². The molecule has 1 heterocycles. The molecule has 20 heavy (non-hydrogen) atoms. The Morgan fingerprint density at radius 2 is 2.00 bits per heavy atom. The van der Waals surface area contributed by atoms with E-state index in [1.165, 1.54) is 16.2 Å². The topological polar surface area (TPSA) is 82.5 Å². The van der Waals surface area contributed by atoms with Crippen molar-refractivity contribution in [2.75, 3.05) is 7.05 Å². The number of aliphatic carboxylic acids is 1. The number of rotatable bonds is 5. The third kappa shape index (κ3) is 3.47. The zero-order chi connectivity index (χ0) is 15.6. The molecule has 1 rings (SSSR count). The number of thiazole rings is 1. The van der Waals surface area contributed by atoms with E-state index in [0.717, 1.165) is 5.69 Å². The molecule has 0 aliphatic heterocycles. The summed E-state index contributed by atoms with van der Waals surface area (Å²) in [7, 11) is 1.65. The van der Waals surface area contributed by atoms with Crippen molar-refractivity contribution >= 4 is 23.3 Å². The van der Waals surface area contributed by atoms with Crippen LogP contribution in [-0.4, -0.2) is 39.6 Å². The fraction of sp³-hybridized carbons (Fsp3) is 0.615. The second-order valence-electron chi connectivity index (χ2n) is 5.82. The van der Waals surface area contributed by atoms with Gasteiger partial charge in [-0.3, -0.25) is 4.79 Å². The van der Waals surface area contributed by atoms with Crippen molar-refractivity contribution in [3.05, 3.63) is 16.6 Å². The molecule has 6 nitrogen and oxygen atoms in total. The van der Waals surface area contributed by atoms with E-state index in [1.807, 2.05) is 5.38 Å². The summed E-state index contributed by atoms with van der Waals surface area (Å²) in [5.41, 5.74) is 0.553. The Kier molecular flexibility index (Phi) is 4.75. The van der Waals surface area contributed by atoms with Gasteiger partial charge in [0.1, 0.15) is 0 Å². The van der Waals surface area contributed by atoms with Crippen LogP contribution in [0.3, 0.4) is 0 Å². The van der Waals surface area contributed by atoms with Crippen molar-refractivity contribution in [2.24, 2.45) is 5.41 Å². The van der Waals surface area contributed by atoms with E-state index in [2.05, 4.69) is 10.3 Å². The molecule has 112 valence electrons. The SMILES string of the molecule is CN(Cc1cscn1)C(=O)NC(C)(C)C(C)(C)C(=O)O. The maximum absolute atomic E-state index is 12.2. The van der Waals surface area contributed by atoms with E-state index in [-0.39, 0.29) is 6.03 Å². The molecule has 2 amide bonds. The normalized spacial score (nSPS) is 12.1. The van der Waals surface area contributed by atoms with Crippen molar-refractivity contribution in [1.29, 1.82) is 0 Å². The van der Waals surface area contributed by atoms with E-state index in [1.54, 1.807) is 40.3 Å². The molecule has 0 saturated heterocycles. The lowest BCUT2D eigenvalue weighted by Gasteiger charge is -2.39. The Morgan fingerprint density at radius 3 is 2.45 bits per heavy atom. The molecule has 0 aliphatic rings. The van der Waals surface area contributed by atoms with Gasteiger partial charge in [0.15, 0.2) is 0 Å². The van der Waals surface area contributed by atoms with Crippen LogP contribution in [0.15, 0.2) is 10.9 Å². The number of carboxylic acid groups (broad SMARTS) is 1. The van der Waals surface area contributed by atoms with Crippen LogP contribution in [0.1, 0.15) is 33.4 Å². The van der Waals surface area contributed by atoms with Gasteiger partial charge < -0.3 is 15.3 Å². The monoisotopic (exact) mass is 299 g/mol. The van der Waals surface area contributed by atoms with E-state index in [9.17, 15) is 14.7 Å². The highest BCUT2D eigenvalue weighted by Gasteiger charge is 2.44. The van der Waals surface area contributed by atoms with Gasteiger partial charge in [0.2, 0.25) is 0 Å². The van der Waals surface area contributed by atoms with Crippen LogP contribution in [0.4, 0.5) is 4.79 Å². The molecule has 0 atom stereocenters. The quantitative estimate of drug-likeness (QED) is 0.873. The number of carbonyl (C=O) groups excluding carboxylic acids is 1. The molecule has 2 N–H and O–H groups in total. The molecule has 1 aromatic rings. The van der Waals surface area contributed by atoms with E-state index >= 15 is 0 Å². The van der Waals surface area contributed by atoms with Gasteiger partial charge in [0.25, 0.3) is 0 Å². The fourth-order valence-electron chi connectivity index (χ4n) is 1.42. The lowest BCUT2D eigenvalue weighted by Crippen LogP contribution is -2.59. The minimum Gasteiger partial charge on any atom is -0.481 e. The van der Waals surface area contributed by atoms with Gasteiger partial charge in [-0.15, -0.1) is 11.3 Å². The van der Waals surface area contributed by atoms with Crippen molar-refractivity contribution in [2.45, 2.75) is 39.8 Å². The van der Waals surface area contributed by atoms with Crippen molar-refractivity contribution in [3.8, 4) is 0 Å². The first kappa shape index (κ1) is 16.4. The summed E-state index contributed by atoms with van der Waals surface area (Å²) >= 11 is 1.47. The standard InChI is InChI=1S/C13H21N3O3S/c1-12(2,10(17)18)13(3,4)15-11(19)16(5)6-9-7-20-8-14-9/h7-8H,6H2,1-5H3,(H,15,19)(H,17,18). The van der Waals surface area contributed by atoms with Crippen LogP contribution in [0.2, 0.25) is 0 Å². The smallest absolute Gasteiger partial charge is 0.317 e. The summed E-state index contributed by atoms with van der Waals surface area (Å²) in [4.78, 5) is 29.0. The van der Waals surface area contributed by atoms with Gasteiger partial charge in [0.05, 0.1) is 28.7 Å². The van der Waals surface area contributed by atoms with Crippen LogP contribution in [0, 0.1) is 5.41 Å². The molecule has 0 spiro atoms. The van der Waals surface area contributed by atoms with Gasteiger partial charge >= 0.3 is 12.0 Å². The number of hydrogen-bond donors (Lipinski definition) is 2. The van der Waals surface area contributed by atoms with Gasteiger partial charge in [-0.2, -0.15) is 0 Å². The molecule has 7 heteroatoms. The third-order valence-corrected chi connectivity index (χ3v) is 4.38. The highest BCUT2D eigenvalue weighted by atomic mass is 32.1. The first-order chi connectivity index (χ1) is 9.08. The highest BCUT2D eigenvalue weighted by molar-refractivity contribution is 7.07. The van der Waals surface area contributed by atoms with Gasteiger partial charge in [0, 0.05) is 12.4 Å². The molecule has 0 saturated carbocycles. The summed E-state index contributed by atoms with van der Waals surface area (Å²) < 4.78 is 0. The molecule has 0 radical (unpaired) electrons. The molecule has 1 aromatic heterocycles. The van der Waals surface area contributed by atoms with E-state index in [4.69, 9.17) is 0 Å². The molecule has 0 bridgehead atoms. The number of carboxylic acids is 1. The Hall–Kier alpha value is -1.63. The molecular weight excluding hydrogens is 278 g/mol. The third-order valence-electron chi connectivity index (χ3n) is 3.75. The zero-order valence-corrected chi connectivity index (χ0v) is 13.2. The highest BCUT2D eigenvalue weighted by Crippen LogP contribution is 2.30. The van der Waals surface area contributed by atoms with Crippen LogP contribution < -0.4 is 5.32 Å². The second kappa shape index (κ2) is 5.78. The maximum atomic E-state index is 12.2. The Morgan fingerprint density at radius 1 is 1.40 bits per heavy atom. The van der Waals surface area contributed by atoms with Crippen molar-refractivity contribution < 1.29 is 14.7 Å². The number of nitrogens with one attached hydrogen (secondary N) is 1. The predicted octanol–water partition coefficient (Wildman–Crippen LogP) is 2.17. The number of nitrogens with zero attached hydrogens (tertiary/aromatic N) is 2. The van der Waals surface area contributed by atoms with E-state index < -0.39 is 16.9 Å². The number of amides is 2. The van der Waals surface area contributed by atoms with E-state index in [0.29, 0.717) is 6.54 Å². The summed E-state index contributed by atoms with van der Waals surface area (Å²) in [5.74, 6) is -0.954. The van der Waals surface area contributed by atoms with Gasteiger partial charge in [-0.05, 0) is 27.7 Å². The number of aromatic nitrogens is 1.